The summed E-state index contributed by atoms with van der Waals surface area (Å²) < 4.78 is 70.1. The molecule has 1 fully saturated rings. The van der Waals surface area contributed by atoms with Gasteiger partial charge < -0.3 is 10.0 Å². The van der Waals surface area contributed by atoms with Gasteiger partial charge in [0.05, 0.1) is 51.4 Å². The first-order valence-electron chi connectivity index (χ1n) is 15.6. The number of hydrogen-bond donors (Lipinski definition) is 1. The Hall–Kier alpha value is -5.78. The highest BCUT2D eigenvalue weighted by Crippen LogP contribution is 2.33. The van der Waals surface area contributed by atoms with E-state index in [9.17, 15) is 41.2 Å². The summed E-state index contributed by atoms with van der Waals surface area (Å²) >= 11 is 0. The summed E-state index contributed by atoms with van der Waals surface area (Å²) in [5, 5.41) is 21.0. The molecule has 6 rings (SSSR count). The molecule has 2 atom stereocenters. The van der Waals surface area contributed by atoms with E-state index in [0.29, 0.717) is 12.0 Å². The number of nitrogens with one attached hydrogen (secondary N) is 1. The summed E-state index contributed by atoms with van der Waals surface area (Å²) in [6, 6.07) is 18.7. The van der Waals surface area contributed by atoms with Crippen molar-refractivity contribution in [1.29, 1.82) is 0 Å². The van der Waals surface area contributed by atoms with Crippen molar-refractivity contribution in [2.75, 3.05) is 13.1 Å². The Morgan fingerprint density at radius 2 is 1.67 bits per heavy atom. The van der Waals surface area contributed by atoms with E-state index in [-0.39, 0.29) is 51.9 Å². The van der Waals surface area contributed by atoms with Gasteiger partial charge in [0.2, 0.25) is 17.4 Å². The van der Waals surface area contributed by atoms with Gasteiger partial charge in [0.15, 0.2) is 5.69 Å². The number of alkyl halides is 3. The van der Waals surface area contributed by atoms with Crippen molar-refractivity contribution in [3.05, 3.63) is 106 Å². The van der Waals surface area contributed by atoms with Gasteiger partial charge in [-0.2, -0.15) is 18.3 Å². The van der Waals surface area contributed by atoms with E-state index >= 15 is 0 Å². The minimum atomic E-state index is -4.72. The highest BCUT2D eigenvalue weighted by molar-refractivity contribution is 7.90. The third kappa shape index (κ3) is 7.12. The normalized spacial score (nSPS) is 17.4. The van der Waals surface area contributed by atoms with Gasteiger partial charge in [0.1, 0.15) is 0 Å². The Morgan fingerprint density at radius 3 is 2.27 bits per heavy atom. The second-order valence-electron chi connectivity index (χ2n) is 12.0. The summed E-state index contributed by atoms with van der Waals surface area (Å²) in [5.74, 6) is -3.05. The molecule has 0 bridgehead atoms. The Bertz CT molecular complexity index is 2100. The standard InChI is InChI=1S/C33H30F3N7O7S/c1-20-9-11-22(12-10-20)28-18-29(33(34,35)36)37-42(28)24-13-15-25(16-14-24)51(48,49)38-30(44)23-6-5-17-40(19-23)43(47)39-50-21(2)41-31(45)26-7-3-4-8-27(26)32(41)46/h3-4,7-16,18,21,23H,5-6,17,19H2,1-2H3,(H,38,44)/b43-39-. The van der Waals surface area contributed by atoms with Crippen LogP contribution in [0, 0.1) is 18.0 Å². The summed E-state index contributed by atoms with van der Waals surface area (Å²) in [6.45, 7) is 3.13. The number of aromatic nitrogens is 2. The molecule has 0 spiro atoms. The maximum atomic E-state index is 13.6. The van der Waals surface area contributed by atoms with Crippen LogP contribution in [0.5, 0.6) is 0 Å². The molecule has 4 aromatic rings. The lowest BCUT2D eigenvalue weighted by atomic mass is 9.99. The second kappa shape index (κ2) is 13.5. The first kappa shape index (κ1) is 35.1. The Labute approximate surface area is 289 Å². The first-order valence-corrected chi connectivity index (χ1v) is 17.1. The van der Waals surface area contributed by atoms with Gasteiger partial charge in [-0.3, -0.25) is 14.4 Å². The highest BCUT2D eigenvalue weighted by Gasteiger charge is 2.40. The summed E-state index contributed by atoms with van der Waals surface area (Å²) in [4.78, 5) is 44.2. The lowest BCUT2D eigenvalue weighted by molar-refractivity contribution is -0.715. The van der Waals surface area contributed by atoms with E-state index in [2.05, 4.69) is 10.4 Å². The van der Waals surface area contributed by atoms with E-state index in [1.807, 2.05) is 11.6 Å². The number of rotatable bonds is 9. The van der Waals surface area contributed by atoms with Crippen LogP contribution in [0.4, 0.5) is 13.2 Å². The Morgan fingerprint density at radius 1 is 1.04 bits per heavy atom. The van der Waals surface area contributed by atoms with Crippen molar-refractivity contribution >= 4 is 27.7 Å². The molecule has 0 radical (unpaired) electrons. The average Bonchev–Trinajstić information content (AvgIpc) is 3.67. The lowest BCUT2D eigenvalue weighted by Crippen LogP contribution is -2.47. The van der Waals surface area contributed by atoms with Gasteiger partial charge >= 0.3 is 6.18 Å². The zero-order valence-electron chi connectivity index (χ0n) is 27.1. The van der Waals surface area contributed by atoms with Crippen molar-refractivity contribution in [2.24, 2.45) is 11.2 Å². The van der Waals surface area contributed by atoms with Crippen molar-refractivity contribution in [1.82, 2.24) is 24.4 Å². The van der Waals surface area contributed by atoms with E-state index in [0.717, 1.165) is 38.4 Å². The van der Waals surface area contributed by atoms with Gasteiger partial charge in [0, 0.05) is 5.56 Å². The largest absolute Gasteiger partial charge is 0.569 e. The van der Waals surface area contributed by atoms with Gasteiger partial charge in [-0.15, -0.1) is 5.01 Å². The van der Waals surface area contributed by atoms with Crippen LogP contribution < -0.4 is 4.72 Å². The molecule has 1 saturated heterocycles. The van der Waals surface area contributed by atoms with Crippen LogP contribution in [-0.4, -0.2) is 70.1 Å². The van der Waals surface area contributed by atoms with Crippen LogP contribution in [0.1, 0.15) is 51.7 Å². The smallest absolute Gasteiger partial charge is 0.435 e. The number of halogens is 3. The van der Waals surface area contributed by atoms with Gasteiger partial charge in [-0.1, -0.05) is 42.0 Å². The summed E-state index contributed by atoms with van der Waals surface area (Å²) in [7, 11) is -4.43. The minimum absolute atomic E-state index is 0.0751. The molecule has 14 nitrogen and oxygen atoms in total. The fourth-order valence-electron chi connectivity index (χ4n) is 5.76. The number of carbonyl (C=O) groups is 3. The van der Waals surface area contributed by atoms with Gasteiger partial charge in [-0.05, 0) is 69.2 Å². The maximum absolute atomic E-state index is 13.6. The molecular weight excluding hydrogens is 695 g/mol. The van der Waals surface area contributed by atoms with Crippen molar-refractivity contribution in [3.63, 3.8) is 0 Å². The average molecular weight is 726 g/mol. The van der Waals surface area contributed by atoms with Crippen molar-refractivity contribution < 1.29 is 45.8 Å². The predicted molar refractivity (Wildman–Crippen MR) is 172 cm³/mol. The molecule has 1 N–H and O–H groups in total. The number of sulfonamides is 1. The van der Waals surface area contributed by atoms with Crippen LogP contribution in [0.2, 0.25) is 0 Å². The van der Waals surface area contributed by atoms with E-state index in [1.165, 1.54) is 31.2 Å². The molecule has 51 heavy (non-hydrogen) atoms. The predicted octanol–water partition coefficient (Wildman–Crippen LogP) is 4.83. The van der Waals surface area contributed by atoms with E-state index in [4.69, 9.17) is 4.84 Å². The number of nitrogens with zero attached hydrogens (tertiary/aromatic N) is 6. The zero-order valence-corrected chi connectivity index (χ0v) is 27.9. The second-order valence-corrected chi connectivity index (χ2v) is 13.7. The molecule has 3 aromatic carbocycles. The van der Waals surface area contributed by atoms with Crippen LogP contribution in [0.25, 0.3) is 16.9 Å². The molecule has 2 aliphatic rings. The minimum Gasteiger partial charge on any atom is -0.569 e. The highest BCUT2D eigenvalue weighted by atomic mass is 32.2. The molecule has 2 unspecified atom stereocenters. The SMILES string of the molecule is Cc1ccc(-c2cc(C(F)(F)F)nn2-c2ccc(S(=O)(=O)NC(=O)C3CCCN(/[N+]([O-])=N/OC(C)N4C(=O)c5ccccc5C4=O)C3)cc2)cc1. The number of piperidine rings is 1. The Balaban J connectivity index is 1.11. The van der Waals surface area contributed by atoms with Crippen LogP contribution >= 0.6 is 0 Å². The van der Waals surface area contributed by atoms with Gasteiger partial charge in [-0.25, -0.2) is 22.7 Å². The molecule has 3 amide bonds. The number of benzene rings is 3. The molecule has 3 heterocycles. The molecule has 1 aromatic heterocycles. The number of amides is 3. The third-order valence-electron chi connectivity index (χ3n) is 8.45. The topological polar surface area (TPSA) is 169 Å². The number of aryl methyl sites for hydroxylation is 1. The fraction of sp³-hybridized carbons (Fsp3) is 0.273. The lowest BCUT2D eigenvalue weighted by Gasteiger charge is -2.28. The number of carbonyl (C=O) groups excluding carboxylic acids is 3. The third-order valence-corrected chi connectivity index (χ3v) is 9.81. The van der Waals surface area contributed by atoms with E-state index < -0.39 is 51.8 Å². The van der Waals surface area contributed by atoms with Crippen molar-refractivity contribution in [3.8, 4) is 16.9 Å². The van der Waals surface area contributed by atoms with Gasteiger partial charge in [0.25, 0.3) is 21.8 Å². The fourth-order valence-corrected chi connectivity index (χ4v) is 6.80. The molecule has 2 aliphatic heterocycles. The summed E-state index contributed by atoms with van der Waals surface area (Å²) in [5.41, 5.74) is 0.900. The molecule has 0 aliphatic carbocycles. The number of fused-ring (bicyclic) bond motifs is 1. The number of imide groups is 1. The maximum Gasteiger partial charge on any atom is 0.435 e. The van der Waals surface area contributed by atoms with Crippen LogP contribution in [0.3, 0.4) is 0 Å². The van der Waals surface area contributed by atoms with E-state index in [1.54, 1.807) is 36.4 Å². The Kier molecular flexibility index (Phi) is 9.28. The monoisotopic (exact) mass is 725 g/mol. The molecule has 266 valence electrons. The number of hydrazine groups is 1. The molecular formula is C33H30F3N7O7S. The zero-order chi connectivity index (χ0) is 36.7. The summed E-state index contributed by atoms with van der Waals surface area (Å²) in [6.07, 6.45) is -5.39. The van der Waals surface area contributed by atoms with Crippen LogP contribution in [0.15, 0.2) is 89.0 Å². The van der Waals surface area contributed by atoms with Crippen LogP contribution in [-0.2, 0) is 25.8 Å². The van der Waals surface area contributed by atoms with Crippen molar-refractivity contribution in [2.45, 2.75) is 44.0 Å². The quantitative estimate of drug-likeness (QED) is 0.110. The first-order chi connectivity index (χ1) is 24.1. The molecule has 0 saturated carbocycles. The molecule has 18 heteroatoms. The number of hydrogen-bond acceptors (Lipinski definition) is 9.